The molecule has 0 bridgehead atoms. The zero-order valence-corrected chi connectivity index (χ0v) is 12.8. The molecule has 2 heterocycles. The van der Waals surface area contributed by atoms with Gasteiger partial charge in [-0.3, -0.25) is 0 Å². The van der Waals surface area contributed by atoms with Crippen molar-refractivity contribution < 1.29 is 14.6 Å². The van der Waals surface area contributed by atoms with Crippen LogP contribution in [0.1, 0.15) is 21.5 Å². The summed E-state index contributed by atoms with van der Waals surface area (Å²) in [6, 6.07) is 9.47. The first-order chi connectivity index (χ1) is 10.5. The van der Waals surface area contributed by atoms with E-state index < -0.39 is 5.97 Å². The number of hydrogen-bond acceptors (Lipinski definition) is 2. The second-order valence-electron chi connectivity index (χ2n) is 5.36. The number of ether oxygens (including phenoxy) is 1. The number of aryl methyl sites for hydroxylation is 2. The summed E-state index contributed by atoms with van der Waals surface area (Å²) < 4.78 is 7.22. The average molecular weight is 295 g/mol. The third-order valence-electron chi connectivity index (χ3n) is 3.87. The van der Waals surface area contributed by atoms with Gasteiger partial charge in [-0.15, -0.1) is 0 Å². The number of benzene rings is 1. The first-order valence-electron chi connectivity index (χ1n) is 7.01. The minimum absolute atomic E-state index is 0.324. The van der Waals surface area contributed by atoms with E-state index in [-0.39, 0.29) is 0 Å². The molecule has 1 N–H and O–H groups in total. The van der Waals surface area contributed by atoms with Crippen molar-refractivity contribution in [3.05, 3.63) is 59.4 Å². The second-order valence-corrected chi connectivity index (χ2v) is 5.36. The molecule has 0 saturated carbocycles. The molecule has 4 heteroatoms. The molecule has 22 heavy (non-hydrogen) atoms. The lowest BCUT2D eigenvalue weighted by molar-refractivity contribution is 0.0700. The third-order valence-corrected chi connectivity index (χ3v) is 3.87. The molecule has 2 aromatic heterocycles. The fourth-order valence-corrected chi connectivity index (χ4v) is 2.99. The molecule has 1 aromatic carbocycles. The number of fused-ring (bicyclic) bond motifs is 1. The fourth-order valence-electron chi connectivity index (χ4n) is 2.99. The van der Waals surface area contributed by atoms with E-state index >= 15 is 0 Å². The number of carbonyl (C=O) groups is 1. The van der Waals surface area contributed by atoms with Gasteiger partial charge >= 0.3 is 5.97 Å². The van der Waals surface area contributed by atoms with Gasteiger partial charge in [0.1, 0.15) is 5.75 Å². The molecular weight excluding hydrogens is 278 g/mol. The highest BCUT2D eigenvalue weighted by Gasteiger charge is 2.19. The standard InChI is InChI=1S/C18H17NO3/c1-11-8-13(9-12(2)17(11)22-3)14-10-19-7-5-4-6-15(19)16(14)18(20)21/h4-10H,1-3H3,(H,20,21). The maximum atomic E-state index is 11.7. The number of carboxylic acid groups (broad SMARTS) is 1. The molecule has 112 valence electrons. The van der Waals surface area contributed by atoms with Gasteiger partial charge in [0.15, 0.2) is 0 Å². The predicted molar refractivity (Wildman–Crippen MR) is 85.8 cm³/mol. The van der Waals surface area contributed by atoms with Gasteiger partial charge in [0.05, 0.1) is 18.2 Å². The molecule has 0 aliphatic rings. The highest BCUT2D eigenvalue weighted by molar-refractivity contribution is 6.03. The first-order valence-corrected chi connectivity index (χ1v) is 7.01. The van der Waals surface area contributed by atoms with Crippen molar-refractivity contribution in [1.82, 2.24) is 4.40 Å². The molecule has 0 aliphatic carbocycles. The van der Waals surface area contributed by atoms with Crippen molar-refractivity contribution in [3.8, 4) is 16.9 Å². The Kier molecular flexibility index (Phi) is 3.37. The molecule has 0 amide bonds. The Hall–Kier alpha value is -2.75. The van der Waals surface area contributed by atoms with Crippen LogP contribution in [0.4, 0.5) is 0 Å². The van der Waals surface area contributed by atoms with Crippen LogP contribution in [0, 0.1) is 13.8 Å². The summed E-state index contributed by atoms with van der Waals surface area (Å²) in [5, 5.41) is 9.62. The van der Waals surface area contributed by atoms with Crippen molar-refractivity contribution in [2.24, 2.45) is 0 Å². The Morgan fingerprint density at radius 1 is 1.18 bits per heavy atom. The highest BCUT2D eigenvalue weighted by atomic mass is 16.5. The molecule has 0 aliphatic heterocycles. The van der Waals surface area contributed by atoms with E-state index in [1.54, 1.807) is 7.11 Å². The largest absolute Gasteiger partial charge is 0.496 e. The van der Waals surface area contributed by atoms with Gasteiger partial charge in [-0.25, -0.2) is 4.79 Å². The molecule has 0 spiro atoms. The molecule has 0 unspecified atom stereocenters. The Labute approximate surface area is 128 Å². The SMILES string of the molecule is COc1c(C)cc(-c2cn3ccccc3c2C(=O)O)cc1C. The number of carboxylic acids is 1. The summed E-state index contributed by atoms with van der Waals surface area (Å²) in [4.78, 5) is 11.7. The molecular formula is C18H17NO3. The van der Waals surface area contributed by atoms with E-state index in [9.17, 15) is 9.90 Å². The van der Waals surface area contributed by atoms with Crippen molar-refractivity contribution in [3.63, 3.8) is 0 Å². The van der Waals surface area contributed by atoms with Gasteiger partial charge in [0, 0.05) is 18.0 Å². The van der Waals surface area contributed by atoms with E-state index in [2.05, 4.69) is 0 Å². The predicted octanol–water partition coefficient (Wildman–Crippen LogP) is 3.93. The Balaban J connectivity index is 2.31. The maximum absolute atomic E-state index is 11.7. The van der Waals surface area contributed by atoms with Gasteiger partial charge in [0.25, 0.3) is 0 Å². The van der Waals surface area contributed by atoms with Gasteiger partial charge in [-0.2, -0.15) is 0 Å². The summed E-state index contributed by atoms with van der Waals surface area (Å²) in [6.07, 6.45) is 3.72. The lowest BCUT2D eigenvalue weighted by Gasteiger charge is -2.11. The van der Waals surface area contributed by atoms with E-state index in [0.717, 1.165) is 22.4 Å². The lowest BCUT2D eigenvalue weighted by atomic mass is 9.98. The molecule has 3 aromatic rings. The lowest BCUT2D eigenvalue weighted by Crippen LogP contribution is -1.98. The minimum atomic E-state index is -0.921. The zero-order chi connectivity index (χ0) is 15.9. The summed E-state index contributed by atoms with van der Waals surface area (Å²) in [7, 11) is 1.64. The topological polar surface area (TPSA) is 50.9 Å². The van der Waals surface area contributed by atoms with Crippen molar-refractivity contribution >= 4 is 11.5 Å². The van der Waals surface area contributed by atoms with Crippen molar-refractivity contribution in [2.45, 2.75) is 13.8 Å². The summed E-state index contributed by atoms with van der Waals surface area (Å²) >= 11 is 0. The Morgan fingerprint density at radius 2 is 1.86 bits per heavy atom. The van der Waals surface area contributed by atoms with Gasteiger partial charge in [-0.05, 0) is 54.8 Å². The quantitative estimate of drug-likeness (QED) is 0.796. The van der Waals surface area contributed by atoms with E-state index in [4.69, 9.17) is 4.74 Å². The monoisotopic (exact) mass is 295 g/mol. The van der Waals surface area contributed by atoms with Crippen molar-refractivity contribution in [1.29, 1.82) is 0 Å². The number of nitrogens with zero attached hydrogens (tertiary/aromatic N) is 1. The van der Waals surface area contributed by atoms with Crippen LogP contribution in [-0.2, 0) is 0 Å². The Bertz CT molecular complexity index is 854. The van der Waals surface area contributed by atoms with Crippen LogP contribution in [-0.4, -0.2) is 22.6 Å². The zero-order valence-electron chi connectivity index (χ0n) is 12.8. The Morgan fingerprint density at radius 3 is 2.45 bits per heavy atom. The second kappa shape index (κ2) is 5.22. The smallest absolute Gasteiger partial charge is 0.338 e. The number of aromatic carboxylic acids is 1. The fraction of sp³-hybridized carbons (Fsp3) is 0.167. The highest BCUT2D eigenvalue weighted by Crippen LogP contribution is 2.34. The minimum Gasteiger partial charge on any atom is -0.496 e. The van der Waals surface area contributed by atoms with E-state index in [0.29, 0.717) is 16.6 Å². The van der Waals surface area contributed by atoms with Crippen LogP contribution in [0.5, 0.6) is 5.75 Å². The molecule has 0 radical (unpaired) electrons. The van der Waals surface area contributed by atoms with Crippen LogP contribution in [0.2, 0.25) is 0 Å². The molecule has 0 saturated heterocycles. The van der Waals surface area contributed by atoms with E-state index in [1.165, 1.54) is 0 Å². The van der Waals surface area contributed by atoms with Crippen LogP contribution >= 0.6 is 0 Å². The summed E-state index contributed by atoms with van der Waals surface area (Å²) in [5.41, 5.74) is 4.60. The van der Waals surface area contributed by atoms with E-state index in [1.807, 2.05) is 61.0 Å². The molecule has 0 atom stereocenters. The normalized spacial score (nSPS) is 10.9. The first kappa shape index (κ1) is 14.2. The van der Waals surface area contributed by atoms with Crippen LogP contribution < -0.4 is 4.74 Å². The van der Waals surface area contributed by atoms with Crippen molar-refractivity contribution in [2.75, 3.05) is 7.11 Å². The number of methoxy groups -OCH3 is 1. The molecule has 3 rings (SSSR count). The maximum Gasteiger partial charge on any atom is 0.338 e. The number of hydrogen-bond donors (Lipinski definition) is 1. The molecule has 4 nitrogen and oxygen atoms in total. The van der Waals surface area contributed by atoms with Gasteiger partial charge in [-0.1, -0.05) is 6.07 Å². The van der Waals surface area contributed by atoms with Crippen LogP contribution in [0.15, 0.2) is 42.7 Å². The van der Waals surface area contributed by atoms with Gasteiger partial charge in [0.2, 0.25) is 0 Å². The number of aromatic nitrogens is 1. The number of pyridine rings is 1. The molecule has 0 fully saturated rings. The van der Waals surface area contributed by atoms with Gasteiger partial charge < -0.3 is 14.2 Å². The summed E-state index contributed by atoms with van der Waals surface area (Å²) in [6.45, 7) is 3.93. The average Bonchev–Trinajstić information content (AvgIpc) is 2.86. The third kappa shape index (κ3) is 2.13. The van der Waals surface area contributed by atoms with Crippen LogP contribution in [0.25, 0.3) is 16.6 Å². The number of rotatable bonds is 3. The summed E-state index contributed by atoms with van der Waals surface area (Å²) in [5.74, 6) is -0.0841. The van der Waals surface area contributed by atoms with Crippen LogP contribution in [0.3, 0.4) is 0 Å².